The van der Waals surface area contributed by atoms with E-state index in [-0.39, 0.29) is 17.7 Å². The summed E-state index contributed by atoms with van der Waals surface area (Å²) in [7, 11) is 0. The third-order valence-corrected chi connectivity index (χ3v) is 6.08. The second-order valence-electron chi connectivity index (χ2n) is 8.68. The van der Waals surface area contributed by atoms with E-state index in [1.165, 1.54) is 0 Å². The summed E-state index contributed by atoms with van der Waals surface area (Å²) >= 11 is 0. The zero-order valence-corrected chi connectivity index (χ0v) is 18.5. The number of carbonyl (C=O) groups is 3. The lowest BCUT2D eigenvalue weighted by molar-refractivity contribution is -0.192. The predicted molar refractivity (Wildman–Crippen MR) is 113 cm³/mol. The summed E-state index contributed by atoms with van der Waals surface area (Å²) in [5.41, 5.74) is 0.813. The molecule has 3 aliphatic rings. The third-order valence-electron chi connectivity index (χ3n) is 6.08. The Labute approximate surface area is 194 Å². The van der Waals surface area contributed by atoms with Crippen molar-refractivity contribution >= 4 is 23.5 Å². The number of carbonyl (C=O) groups excluding carboxylic acids is 2. The Hall–Kier alpha value is -3.18. The van der Waals surface area contributed by atoms with Gasteiger partial charge in [0.2, 0.25) is 5.91 Å². The first-order valence-corrected chi connectivity index (χ1v) is 11.1. The van der Waals surface area contributed by atoms with Gasteiger partial charge in [-0.05, 0) is 37.3 Å². The number of carboxylic acids is 1. The molecule has 0 aromatic carbocycles. The molecule has 9 nitrogen and oxygen atoms in total. The molecule has 4 rings (SSSR count). The highest BCUT2D eigenvalue weighted by Gasteiger charge is 2.46. The number of likely N-dealkylation sites (tertiary alicyclic amines) is 1. The van der Waals surface area contributed by atoms with Gasteiger partial charge in [0.1, 0.15) is 5.71 Å². The summed E-state index contributed by atoms with van der Waals surface area (Å²) < 4.78 is 31.7. The first-order valence-electron chi connectivity index (χ1n) is 11.1. The number of piperidine rings is 1. The Bertz CT molecular complexity index is 919. The number of aliphatic carboxylic acids is 1. The average molecular weight is 484 g/mol. The van der Waals surface area contributed by atoms with Crippen LogP contribution < -0.4 is 5.32 Å². The molecule has 1 aromatic heterocycles. The van der Waals surface area contributed by atoms with Crippen LogP contribution in [0.25, 0.3) is 0 Å². The van der Waals surface area contributed by atoms with E-state index in [0.29, 0.717) is 25.2 Å². The van der Waals surface area contributed by atoms with Crippen LogP contribution in [0.4, 0.5) is 13.2 Å². The average Bonchev–Trinajstić information content (AvgIpc) is 3.48. The lowest BCUT2D eigenvalue weighted by atomic mass is 9.87. The Kier molecular flexibility index (Phi) is 8.11. The van der Waals surface area contributed by atoms with Crippen LogP contribution in [0, 0.1) is 5.92 Å². The summed E-state index contributed by atoms with van der Waals surface area (Å²) in [6, 6.07) is 3.75. The number of nitrogens with one attached hydrogen (secondary N) is 1. The number of alkyl halides is 3. The van der Waals surface area contributed by atoms with Crippen molar-refractivity contribution in [2.45, 2.75) is 63.3 Å². The normalized spacial score (nSPS) is 22.4. The molecule has 1 spiro atoms. The van der Waals surface area contributed by atoms with Crippen LogP contribution in [0.2, 0.25) is 0 Å². The SMILES string of the molecule is O=C(NCc1cccnc1)C1=NOC2(CCCN(C(=O)C3CCCC3)C2)C1.O=C(O)C(F)(F)F. The molecule has 1 saturated heterocycles. The molecule has 1 aromatic rings. The molecule has 12 heteroatoms. The Morgan fingerprint density at radius 1 is 1.24 bits per heavy atom. The summed E-state index contributed by atoms with van der Waals surface area (Å²) in [5.74, 6) is -2.54. The van der Waals surface area contributed by atoms with Crippen LogP contribution in [0.5, 0.6) is 0 Å². The fourth-order valence-corrected chi connectivity index (χ4v) is 4.37. The van der Waals surface area contributed by atoms with Crippen molar-refractivity contribution in [2.24, 2.45) is 11.1 Å². The standard InChI is InChI=1S/C20H26N4O3.C2HF3O2/c25-18(22-13-15-5-3-9-21-12-15)17-11-20(27-23-17)8-4-10-24(14-20)19(26)16-6-1-2-7-16;3-2(4,5)1(6)7/h3,5,9,12,16H,1-2,4,6-8,10-11,13-14H2,(H,22,25);(H,6,7). The van der Waals surface area contributed by atoms with Crippen LogP contribution in [0.15, 0.2) is 29.7 Å². The number of rotatable bonds is 4. The van der Waals surface area contributed by atoms with Gasteiger partial charge >= 0.3 is 12.1 Å². The van der Waals surface area contributed by atoms with Crippen LogP contribution >= 0.6 is 0 Å². The van der Waals surface area contributed by atoms with Crippen molar-refractivity contribution in [1.29, 1.82) is 0 Å². The topological polar surface area (TPSA) is 121 Å². The van der Waals surface area contributed by atoms with E-state index < -0.39 is 17.7 Å². The maximum absolute atomic E-state index is 12.8. The van der Waals surface area contributed by atoms with Gasteiger partial charge in [0.05, 0.1) is 6.54 Å². The number of nitrogens with zero attached hydrogens (tertiary/aromatic N) is 3. The largest absolute Gasteiger partial charge is 0.490 e. The molecule has 0 radical (unpaired) electrons. The van der Waals surface area contributed by atoms with Gasteiger partial charge in [0, 0.05) is 37.8 Å². The van der Waals surface area contributed by atoms with Gasteiger partial charge in [-0.15, -0.1) is 0 Å². The zero-order chi connectivity index (χ0) is 24.8. The number of hydrogen-bond acceptors (Lipinski definition) is 6. The molecule has 2 amide bonds. The quantitative estimate of drug-likeness (QED) is 0.678. The number of pyridine rings is 1. The molecule has 1 atom stereocenters. The molecule has 2 fully saturated rings. The Balaban J connectivity index is 0.000000406. The van der Waals surface area contributed by atoms with E-state index >= 15 is 0 Å². The first kappa shape index (κ1) is 25.4. The Morgan fingerprint density at radius 2 is 1.94 bits per heavy atom. The van der Waals surface area contributed by atoms with Crippen molar-refractivity contribution in [3.05, 3.63) is 30.1 Å². The van der Waals surface area contributed by atoms with Crippen LogP contribution in [-0.2, 0) is 25.8 Å². The van der Waals surface area contributed by atoms with E-state index in [1.54, 1.807) is 12.4 Å². The summed E-state index contributed by atoms with van der Waals surface area (Å²) in [6.45, 7) is 1.72. The van der Waals surface area contributed by atoms with Gasteiger partial charge in [-0.3, -0.25) is 14.6 Å². The van der Waals surface area contributed by atoms with E-state index in [2.05, 4.69) is 15.5 Å². The maximum atomic E-state index is 12.8. The molecule has 34 heavy (non-hydrogen) atoms. The first-order chi connectivity index (χ1) is 16.1. The van der Waals surface area contributed by atoms with Gasteiger partial charge in [-0.25, -0.2) is 4.79 Å². The summed E-state index contributed by atoms with van der Waals surface area (Å²) in [6.07, 6.45) is 4.81. The predicted octanol–water partition coefficient (Wildman–Crippen LogP) is 2.66. The molecule has 1 aliphatic carbocycles. The van der Waals surface area contributed by atoms with Gasteiger partial charge < -0.3 is 20.2 Å². The molecule has 3 heterocycles. The van der Waals surface area contributed by atoms with E-state index in [0.717, 1.165) is 50.6 Å². The van der Waals surface area contributed by atoms with Gasteiger partial charge in [-0.1, -0.05) is 24.1 Å². The smallest absolute Gasteiger partial charge is 0.475 e. The number of oxime groups is 1. The van der Waals surface area contributed by atoms with E-state index in [4.69, 9.17) is 14.7 Å². The van der Waals surface area contributed by atoms with Crippen molar-refractivity contribution in [3.63, 3.8) is 0 Å². The molecule has 0 bridgehead atoms. The number of hydrogen-bond donors (Lipinski definition) is 2. The Morgan fingerprint density at radius 3 is 2.56 bits per heavy atom. The molecule has 1 unspecified atom stereocenters. The minimum atomic E-state index is -5.08. The number of halogens is 3. The molecule has 2 aliphatic heterocycles. The summed E-state index contributed by atoms with van der Waals surface area (Å²) in [4.78, 5) is 45.8. The van der Waals surface area contributed by atoms with Crippen LogP contribution in [-0.4, -0.2) is 63.4 Å². The molecular formula is C22H27F3N4O5. The fourth-order valence-electron chi connectivity index (χ4n) is 4.37. The minimum absolute atomic E-state index is 0.171. The highest BCUT2D eigenvalue weighted by Crippen LogP contribution is 2.35. The van der Waals surface area contributed by atoms with Gasteiger partial charge in [0.15, 0.2) is 5.60 Å². The van der Waals surface area contributed by atoms with Crippen molar-refractivity contribution in [1.82, 2.24) is 15.2 Å². The second-order valence-corrected chi connectivity index (χ2v) is 8.68. The van der Waals surface area contributed by atoms with Crippen molar-refractivity contribution < 1.29 is 37.5 Å². The third kappa shape index (κ3) is 6.67. The minimum Gasteiger partial charge on any atom is -0.475 e. The van der Waals surface area contributed by atoms with Crippen LogP contribution in [0.3, 0.4) is 0 Å². The lowest BCUT2D eigenvalue weighted by Crippen LogP contribution is -2.52. The van der Waals surface area contributed by atoms with E-state index in [1.807, 2.05) is 17.0 Å². The van der Waals surface area contributed by atoms with E-state index in [9.17, 15) is 22.8 Å². The van der Waals surface area contributed by atoms with Gasteiger partial charge in [-0.2, -0.15) is 13.2 Å². The zero-order valence-electron chi connectivity index (χ0n) is 18.5. The van der Waals surface area contributed by atoms with Crippen LogP contribution in [0.1, 0.15) is 50.5 Å². The summed E-state index contributed by atoms with van der Waals surface area (Å²) in [5, 5.41) is 14.1. The second kappa shape index (κ2) is 10.8. The maximum Gasteiger partial charge on any atom is 0.490 e. The lowest BCUT2D eigenvalue weighted by Gasteiger charge is -2.39. The highest BCUT2D eigenvalue weighted by atomic mass is 19.4. The molecule has 2 N–H and O–H groups in total. The van der Waals surface area contributed by atoms with Crippen molar-refractivity contribution in [2.75, 3.05) is 13.1 Å². The number of carboxylic acid groups (broad SMARTS) is 1. The molecule has 186 valence electrons. The van der Waals surface area contributed by atoms with Gasteiger partial charge in [0.25, 0.3) is 5.91 Å². The molecular weight excluding hydrogens is 457 g/mol. The number of aromatic nitrogens is 1. The monoisotopic (exact) mass is 484 g/mol. The molecule has 1 saturated carbocycles. The fraction of sp³-hybridized carbons (Fsp3) is 0.591. The number of amides is 2. The highest BCUT2D eigenvalue weighted by molar-refractivity contribution is 6.39. The van der Waals surface area contributed by atoms with Crippen molar-refractivity contribution in [3.8, 4) is 0 Å².